The van der Waals surface area contributed by atoms with Gasteiger partial charge in [-0.1, -0.05) is 30.3 Å². The lowest BCUT2D eigenvalue weighted by Crippen LogP contribution is -2.22. The SMILES string of the molecule is Cc1cccc(NC(N)=NCc2cc3ccccc3[nH]2)c1.I. The third kappa shape index (κ3) is 4.00. The molecule has 4 nitrogen and oxygen atoms in total. The van der Waals surface area contributed by atoms with Gasteiger partial charge in [-0.2, -0.15) is 0 Å². The number of H-pyrrole nitrogens is 1. The van der Waals surface area contributed by atoms with Crippen molar-refractivity contribution in [3.8, 4) is 0 Å². The molecule has 0 fully saturated rings. The number of halogens is 1. The summed E-state index contributed by atoms with van der Waals surface area (Å²) >= 11 is 0. The second-order valence-corrected chi connectivity index (χ2v) is 5.08. The van der Waals surface area contributed by atoms with Crippen LogP contribution in [0.1, 0.15) is 11.3 Å². The van der Waals surface area contributed by atoms with Gasteiger partial charge in [-0.05, 0) is 42.1 Å². The standard InChI is InChI=1S/C17H18N4.HI/c1-12-5-4-7-14(9-12)21-17(18)19-11-15-10-13-6-2-3-8-16(13)20-15;/h2-10,20H,11H2,1H3,(H3,18,19,21);1H. The molecular weight excluding hydrogens is 387 g/mol. The van der Waals surface area contributed by atoms with Crippen LogP contribution in [-0.2, 0) is 6.54 Å². The Hall–Kier alpha value is -2.02. The topological polar surface area (TPSA) is 66.2 Å². The average Bonchev–Trinajstić information content (AvgIpc) is 2.88. The summed E-state index contributed by atoms with van der Waals surface area (Å²) in [6.45, 7) is 2.57. The van der Waals surface area contributed by atoms with Crippen molar-refractivity contribution in [2.24, 2.45) is 10.7 Å². The minimum absolute atomic E-state index is 0. The number of aliphatic imine (C=N–C) groups is 1. The molecule has 0 aliphatic rings. The van der Waals surface area contributed by atoms with E-state index in [1.807, 2.05) is 43.3 Å². The molecule has 0 amide bonds. The second kappa shape index (κ2) is 7.31. The number of nitrogens with one attached hydrogen (secondary N) is 2. The van der Waals surface area contributed by atoms with Gasteiger partial charge in [-0.25, -0.2) is 4.99 Å². The van der Waals surface area contributed by atoms with Crippen LogP contribution in [-0.4, -0.2) is 10.9 Å². The summed E-state index contributed by atoms with van der Waals surface area (Å²) in [5, 5.41) is 4.29. The minimum atomic E-state index is 0. The Labute approximate surface area is 146 Å². The highest BCUT2D eigenvalue weighted by Gasteiger charge is 2.00. The molecule has 0 saturated heterocycles. The molecule has 0 aliphatic carbocycles. The normalized spacial score (nSPS) is 11.2. The third-order valence-electron chi connectivity index (χ3n) is 3.30. The van der Waals surface area contributed by atoms with Crippen molar-refractivity contribution in [1.82, 2.24) is 4.98 Å². The molecule has 3 rings (SSSR count). The summed E-state index contributed by atoms with van der Waals surface area (Å²) in [6, 6.07) is 18.3. The van der Waals surface area contributed by atoms with Gasteiger partial charge in [0.05, 0.1) is 6.54 Å². The molecule has 0 bridgehead atoms. The fourth-order valence-electron chi connectivity index (χ4n) is 2.30. The lowest BCUT2D eigenvalue weighted by atomic mass is 10.2. The van der Waals surface area contributed by atoms with Gasteiger partial charge in [0, 0.05) is 16.9 Å². The summed E-state index contributed by atoms with van der Waals surface area (Å²) in [6.07, 6.45) is 0. The van der Waals surface area contributed by atoms with Gasteiger partial charge >= 0.3 is 0 Å². The largest absolute Gasteiger partial charge is 0.370 e. The lowest BCUT2D eigenvalue weighted by molar-refractivity contribution is 1.01. The Morgan fingerprint density at radius 2 is 1.95 bits per heavy atom. The number of aryl methyl sites for hydroxylation is 1. The van der Waals surface area contributed by atoms with Crippen LogP contribution in [0.2, 0.25) is 0 Å². The summed E-state index contributed by atoms with van der Waals surface area (Å²) in [7, 11) is 0. The molecule has 5 heteroatoms. The highest BCUT2D eigenvalue weighted by atomic mass is 127. The maximum Gasteiger partial charge on any atom is 0.193 e. The van der Waals surface area contributed by atoms with Crippen LogP contribution in [0.3, 0.4) is 0 Å². The van der Waals surface area contributed by atoms with Crippen LogP contribution in [0.15, 0.2) is 59.6 Å². The Bertz CT molecular complexity index is 759. The molecule has 0 radical (unpaired) electrons. The molecule has 0 atom stereocenters. The fraction of sp³-hybridized carbons (Fsp3) is 0.118. The van der Waals surface area contributed by atoms with Gasteiger partial charge in [0.1, 0.15) is 0 Å². The van der Waals surface area contributed by atoms with E-state index in [9.17, 15) is 0 Å². The van der Waals surface area contributed by atoms with Crippen molar-refractivity contribution in [2.45, 2.75) is 13.5 Å². The number of rotatable bonds is 3. The molecule has 0 aliphatic heterocycles. The van der Waals surface area contributed by atoms with E-state index in [1.54, 1.807) is 0 Å². The molecule has 1 heterocycles. The first-order valence-electron chi connectivity index (χ1n) is 6.91. The van der Waals surface area contributed by atoms with Crippen molar-refractivity contribution >= 4 is 46.5 Å². The van der Waals surface area contributed by atoms with Crippen molar-refractivity contribution in [1.29, 1.82) is 0 Å². The number of benzene rings is 2. The van der Waals surface area contributed by atoms with Crippen LogP contribution in [0, 0.1) is 6.92 Å². The minimum Gasteiger partial charge on any atom is -0.370 e. The van der Waals surface area contributed by atoms with E-state index in [2.05, 4.69) is 33.5 Å². The second-order valence-electron chi connectivity index (χ2n) is 5.08. The summed E-state index contributed by atoms with van der Waals surface area (Å²) in [5.41, 5.74) is 10.2. The molecular formula is C17H19IN4. The van der Waals surface area contributed by atoms with Crippen LogP contribution in [0.25, 0.3) is 10.9 Å². The molecule has 114 valence electrons. The zero-order valence-electron chi connectivity index (χ0n) is 12.3. The third-order valence-corrected chi connectivity index (χ3v) is 3.30. The smallest absolute Gasteiger partial charge is 0.193 e. The number of hydrogen-bond donors (Lipinski definition) is 3. The first kappa shape index (κ1) is 16.4. The Kier molecular flexibility index (Phi) is 5.43. The maximum absolute atomic E-state index is 5.92. The monoisotopic (exact) mass is 406 g/mol. The molecule has 3 aromatic rings. The van der Waals surface area contributed by atoms with E-state index >= 15 is 0 Å². The van der Waals surface area contributed by atoms with Gasteiger partial charge in [-0.3, -0.25) is 0 Å². The molecule has 0 saturated carbocycles. The number of nitrogens with zero attached hydrogens (tertiary/aromatic N) is 1. The van der Waals surface area contributed by atoms with Crippen LogP contribution in [0.5, 0.6) is 0 Å². The van der Waals surface area contributed by atoms with E-state index in [0.29, 0.717) is 12.5 Å². The molecule has 22 heavy (non-hydrogen) atoms. The number of aromatic nitrogens is 1. The average molecular weight is 406 g/mol. The van der Waals surface area contributed by atoms with E-state index in [4.69, 9.17) is 5.73 Å². The molecule has 4 N–H and O–H groups in total. The van der Waals surface area contributed by atoms with Gasteiger partial charge < -0.3 is 16.0 Å². The Morgan fingerprint density at radius 1 is 1.14 bits per heavy atom. The van der Waals surface area contributed by atoms with Gasteiger partial charge in [0.15, 0.2) is 5.96 Å². The molecule has 2 aromatic carbocycles. The van der Waals surface area contributed by atoms with Crippen molar-refractivity contribution in [2.75, 3.05) is 5.32 Å². The van der Waals surface area contributed by atoms with Crippen molar-refractivity contribution < 1.29 is 0 Å². The van der Waals surface area contributed by atoms with Crippen molar-refractivity contribution in [3.05, 3.63) is 65.9 Å². The summed E-state index contributed by atoms with van der Waals surface area (Å²) in [4.78, 5) is 7.70. The van der Waals surface area contributed by atoms with Gasteiger partial charge in [0.25, 0.3) is 0 Å². The van der Waals surface area contributed by atoms with Crippen molar-refractivity contribution in [3.63, 3.8) is 0 Å². The highest BCUT2D eigenvalue weighted by Crippen LogP contribution is 2.15. The van der Waals surface area contributed by atoms with E-state index in [1.165, 1.54) is 10.9 Å². The number of aromatic amines is 1. The zero-order valence-corrected chi connectivity index (χ0v) is 14.7. The predicted molar refractivity (Wildman–Crippen MR) is 104 cm³/mol. The summed E-state index contributed by atoms with van der Waals surface area (Å²) in [5.74, 6) is 0.416. The Balaban J connectivity index is 0.00000176. The van der Waals surface area contributed by atoms with Crippen LogP contribution < -0.4 is 11.1 Å². The van der Waals surface area contributed by atoms with Crippen LogP contribution >= 0.6 is 24.0 Å². The number of para-hydroxylation sites is 1. The molecule has 1 aromatic heterocycles. The number of anilines is 1. The predicted octanol–water partition coefficient (Wildman–Crippen LogP) is 4.02. The first-order chi connectivity index (χ1) is 10.2. The van der Waals surface area contributed by atoms with Crippen LogP contribution in [0.4, 0.5) is 5.69 Å². The number of nitrogens with two attached hydrogens (primary N) is 1. The Morgan fingerprint density at radius 3 is 2.73 bits per heavy atom. The van der Waals surface area contributed by atoms with E-state index in [0.717, 1.165) is 16.9 Å². The molecule has 0 spiro atoms. The number of hydrogen-bond acceptors (Lipinski definition) is 1. The molecule has 0 unspecified atom stereocenters. The number of fused-ring (bicyclic) bond motifs is 1. The van der Waals surface area contributed by atoms with E-state index in [-0.39, 0.29) is 24.0 Å². The fourth-order valence-corrected chi connectivity index (χ4v) is 2.30. The quantitative estimate of drug-likeness (QED) is 0.350. The van der Waals surface area contributed by atoms with Gasteiger partial charge in [0.2, 0.25) is 0 Å². The maximum atomic E-state index is 5.92. The number of guanidine groups is 1. The van der Waals surface area contributed by atoms with Gasteiger partial charge in [-0.15, -0.1) is 24.0 Å². The first-order valence-corrected chi connectivity index (χ1v) is 6.91. The summed E-state index contributed by atoms with van der Waals surface area (Å²) < 4.78 is 0. The lowest BCUT2D eigenvalue weighted by Gasteiger charge is -2.05. The van der Waals surface area contributed by atoms with E-state index < -0.39 is 0 Å². The zero-order chi connectivity index (χ0) is 14.7. The highest BCUT2D eigenvalue weighted by molar-refractivity contribution is 14.0.